The summed E-state index contributed by atoms with van der Waals surface area (Å²) in [4.78, 5) is 15.1. The number of hydrogen-bond donors (Lipinski definition) is 0. The molecule has 2 nitrogen and oxygen atoms in total. The minimum Gasteiger partial charge on any atom is -0.267 e. The number of hydrogen-bond acceptors (Lipinski definition) is 1. The maximum absolute atomic E-state index is 11.2. The Hall–Kier alpha value is -1.41. The molecule has 0 radical (unpaired) electrons. The van der Waals surface area contributed by atoms with Gasteiger partial charge in [-0.15, -0.1) is 0 Å². The van der Waals surface area contributed by atoms with Crippen LogP contribution in [0.5, 0.6) is 0 Å². The molecule has 0 aliphatic carbocycles. The van der Waals surface area contributed by atoms with E-state index in [0.717, 1.165) is 11.1 Å². The molecule has 0 fully saturated rings. The largest absolute Gasteiger partial charge is 0.270 e. The standard InChI is InChI=1S/C11H8ClNO/c1-6-5-10(14)13-11-7(2)9(12)4-3-8(6)11/h3-5H,2H2,1H3. The summed E-state index contributed by atoms with van der Waals surface area (Å²) in [5, 5.41) is 1.75. The molecule has 0 bridgehead atoms. The molecule has 0 saturated carbocycles. The molecule has 70 valence electrons. The number of allylic oxidation sites excluding steroid dienone is 1. The highest BCUT2D eigenvalue weighted by Crippen LogP contribution is 2.12. The van der Waals surface area contributed by atoms with E-state index in [-0.39, 0.29) is 5.91 Å². The van der Waals surface area contributed by atoms with E-state index < -0.39 is 0 Å². The van der Waals surface area contributed by atoms with Gasteiger partial charge in [-0.1, -0.05) is 24.2 Å². The fourth-order valence-corrected chi connectivity index (χ4v) is 1.62. The van der Waals surface area contributed by atoms with Crippen LogP contribution in [0.4, 0.5) is 0 Å². The van der Waals surface area contributed by atoms with Crippen LogP contribution in [0.3, 0.4) is 0 Å². The molecular formula is C11H8ClNO. The molecule has 0 atom stereocenters. The van der Waals surface area contributed by atoms with Gasteiger partial charge in [0.1, 0.15) is 0 Å². The predicted octanol–water partition coefficient (Wildman–Crippen LogP) is 1.31. The zero-order valence-electron chi connectivity index (χ0n) is 7.67. The summed E-state index contributed by atoms with van der Waals surface area (Å²) >= 11 is 5.89. The van der Waals surface area contributed by atoms with Crippen molar-refractivity contribution in [2.45, 2.75) is 6.92 Å². The third kappa shape index (κ3) is 1.28. The number of rotatable bonds is 0. The van der Waals surface area contributed by atoms with E-state index in [9.17, 15) is 4.79 Å². The Morgan fingerprint density at radius 3 is 2.86 bits per heavy atom. The van der Waals surface area contributed by atoms with Crippen LogP contribution >= 0.6 is 11.6 Å². The maximum atomic E-state index is 11.2. The van der Waals surface area contributed by atoms with E-state index in [1.54, 1.807) is 6.07 Å². The van der Waals surface area contributed by atoms with Gasteiger partial charge in [0, 0.05) is 21.9 Å². The van der Waals surface area contributed by atoms with E-state index in [4.69, 9.17) is 11.6 Å². The second-order valence-corrected chi connectivity index (χ2v) is 3.61. The van der Waals surface area contributed by atoms with E-state index in [1.807, 2.05) is 13.0 Å². The summed E-state index contributed by atoms with van der Waals surface area (Å²) < 4.78 is 0. The molecule has 1 aromatic rings. The van der Waals surface area contributed by atoms with Gasteiger partial charge in [0.25, 0.3) is 5.91 Å². The number of amides is 1. The Bertz CT molecular complexity index is 557. The summed E-state index contributed by atoms with van der Waals surface area (Å²) in [5.41, 5.74) is 1.83. The molecule has 0 saturated heterocycles. The maximum Gasteiger partial charge on any atom is 0.270 e. The summed E-state index contributed by atoms with van der Waals surface area (Å²) in [6, 6.07) is 3.62. The summed E-state index contributed by atoms with van der Waals surface area (Å²) in [6.07, 6.45) is 1.51. The lowest BCUT2D eigenvalue weighted by Crippen LogP contribution is -2.31. The zero-order chi connectivity index (χ0) is 10.3. The second kappa shape index (κ2) is 3.07. The number of carbonyl (C=O) groups excluding carboxylic acids is 1. The van der Waals surface area contributed by atoms with Gasteiger partial charge in [0.15, 0.2) is 0 Å². The van der Waals surface area contributed by atoms with Crippen molar-refractivity contribution in [2.24, 2.45) is 4.99 Å². The molecule has 1 aliphatic heterocycles. The number of benzene rings is 1. The highest BCUT2D eigenvalue weighted by Gasteiger charge is 2.10. The molecule has 0 aromatic heterocycles. The second-order valence-electron chi connectivity index (χ2n) is 3.20. The Morgan fingerprint density at radius 2 is 2.14 bits per heavy atom. The smallest absolute Gasteiger partial charge is 0.267 e. The van der Waals surface area contributed by atoms with Crippen LogP contribution in [0.2, 0.25) is 5.02 Å². The van der Waals surface area contributed by atoms with Crippen LogP contribution in [-0.4, -0.2) is 5.91 Å². The number of nitrogens with zero attached hydrogens (tertiary/aromatic N) is 1. The number of halogens is 1. The van der Waals surface area contributed by atoms with Gasteiger partial charge in [-0.3, -0.25) is 4.79 Å². The highest BCUT2D eigenvalue weighted by atomic mass is 35.5. The topological polar surface area (TPSA) is 29.4 Å². The van der Waals surface area contributed by atoms with Crippen molar-refractivity contribution >= 4 is 29.7 Å². The van der Waals surface area contributed by atoms with Gasteiger partial charge in [-0.2, -0.15) is 0 Å². The average Bonchev–Trinajstić information content (AvgIpc) is 2.12. The fraction of sp³-hybridized carbons (Fsp3) is 0.0909. The predicted molar refractivity (Wildman–Crippen MR) is 56.4 cm³/mol. The molecule has 1 heterocycles. The van der Waals surface area contributed by atoms with Gasteiger partial charge in [-0.25, -0.2) is 4.99 Å². The minimum atomic E-state index is -0.248. The minimum absolute atomic E-state index is 0.248. The summed E-state index contributed by atoms with van der Waals surface area (Å²) in [5.74, 6) is -0.248. The van der Waals surface area contributed by atoms with Gasteiger partial charge in [0.2, 0.25) is 0 Å². The lowest BCUT2D eigenvalue weighted by Gasteiger charge is -2.07. The Labute approximate surface area is 86.2 Å². The fourth-order valence-electron chi connectivity index (χ4n) is 1.46. The first-order valence-electron chi connectivity index (χ1n) is 4.18. The van der Waals surface area contributed by atoms with Crippen molar-refractivity contribution in [1.29, 1.82) is 0 Å². The number of fused-ring (bicyclic) bond motifs is 1. The SMILES string of the molecule is C=c1c(Cl)ccc2c1=NC(=O)C=C2C. The van der Waals surface area contributed by atoms with Crippen molar-refractivity contribution < 1.29 is 4.79 Å². The average molecular weight is 206 g/mol. The quantitative estimate of drug-likeness (QED) is 0.628. The molecule has 2 rings (SSSR count). The van der Waals surface area contributed by atoms with E-state index >= 15 is 0 Å². The van der Waals surface area contributed by atoms with E-state index in [2.05, 4.69) is 11.6 Å². The number of carbonyl (C=O) groups is 1. The van der Waals surface area contributed by atoms with Crippen molar-refractivity contribution in [3.05, 3.63) is 39.4 Å². The van der Waals surface area contributed by atoms with Crippen LogP contribution in [0.25, 0.3) is 12.2 Å². The van der Waals surface area contributed by atoms with Crippen molar-refractivity contribution in [1.82, 2.24) is 0 Å². The lowest BCUT2D eigenvalue weighted by atomic mass is 10.0. The summed E-state index contributed by atoms with van der Waals surface area (Å²) in [6.45, 7) is 5.67. The Balaban J connectivity index is 2.93. The molecule has 0 unspecified atom stereocenters. The summed E-state index contributed by atoms with van der Waals surface area (Å²) in [7, 11) is 0. The van der Waals surface area contributed by atoms with Gasteiger partial charge < -0.3 is 0 Å². The molecule has 1 amide bonds. The van der Waals surface area contributed by atoms with Crippen molar-refractivity contribution in [2.75, 3.05) is 0 Å². The first kappa shape index (κ1) is 9.16. The van der Waals surface area contributed by atoms with Crippen LogP contribution in [0, 0.1) is 0 Å². The lowest BCUT2D eigenvalue weighted by molar-refractivity contribution is -0.113. The van der Waals surface area contributed by atoms with Crippen LogP contribution in [0.1, 0.15) is 12.5 Å². The van der Waals surface area contributed by atoms with Crippen LogP contribution in [-0.2, 0) is 4.79 Å². The first-order chi connectivity index (χ1) is 6.59. The molecular weight excluding hydrogens is 198 g/mol. The normalized spacial score (nSPS) is 14.4. The van der Waals surface area contributed by atoms with Crippen molar-refractivity contribution in [3.8, 4) is 0 Å². The monoisotopic (exact) mass is 205 g/mol. The zero-order valence-corrected chi connectivity index (χ0v) is 8.43. The van der Waals surface area contributed by atoms with E-state index in [0.29, 0.717) is 15.6 Å². The van der Waals surface area contributed by atoms with Gasteiger partial charge in [-0.05, 0) is 18.6 Å². The van der Waals surface area contributed by atoms with Gasteiger partial charge >= 0.3 is 0 Å². The molecule has 0 spiro atoms. The molecule has 0 N–H and O–H groups in total. The first-order valence-corrected chi connectivity index (χ1v) is 4.56. The van der Waals surface area contributed by atoms with E-state index in [1.165, 1.54) is 6.08 Å². The molecule has 1 aromatic carbocycles. The van der Waals surface area contributed by atoms with Gasteiger partial charge in [0.05, 0.1) is 5.36 Å². The molecule has 3 heteroatoms. The van der Waals surface area contributed by atoms with Crippen molar-refractivity contribution in [3.63, 3.8) is 0 Å². The Morgan fingerprint density at radius 1 is 1.43 bits per heavy atom. The third-order valence-corrected chi connectivity index (χ3v) is 2.57. The molecule has 1 aliphatic rings. The van der Waals surface area contributed by atoms with Crippen LogP contribution < -0.4 is 10.6 Å². The Kier molecular flexibility index (Phi) is 2.01. The third-order valence-electron chi connectivity index (χ3n) is 2.21. The highest BCUT2D eigenvalue weighted by molar-refractivity contribution is 6.30. The molecule has 14 heavy (non-hydrogen) atoms. The van der Waals surface area contributed by atoms with Crippen LogP contribution in [0.15, 0.2) is 23.2 Å².